The number of hydrogen-bond donors (Lipinski definition) is 1. The molecule has 2 rings (SSSR count). The van der Waals surface area contributed by atoms with Crippen molar-refractivity contribution in [1.29, 1.82) is 0 Å². The summed E-state index contributed by atoms with van der Waals surface area (Å²) in [7, 11) is 0. The zero-order valence-corrected chi connectivity index (χ0v) is 12.9. The van der Waals surface area contributed by atoms with Crippen LogP contribution in [0.15, 0.2) is 36.4 Å². The number of rotatable bonds is 7. The minimum atomic E-state index is 0.591. The Labute approximate surface area is 123 Å². The SMILES string of the molecule is CCCNCC(C)c1ccc(CN2CC=CCC2)cc1. The first-order chi connectivity index (χ1) is 9.79. The van der Waals surface area contributed by atoms with Crippen molar-refractivity contribution in [3.8, 4) is 0 Å². The van der Waals surface area contributed by atoms with Crippen LogP contribution in [0.5, 0.6) is 0 Å². The molecule has 1 atom stereocenters. The lowest BCUT2D eigenvalue weighted by molar-refractivity contribution is 0.290. The minimum absolute atomic E-state index is 0.591. The Bertz CT molecular complexity index is 408. The van der Waals surface area contributed by atoms with Crippen molar-refractivity contribution < 1.29 is 0 Å². The molecule has 1 heterocycles. The highest BCUT2D eigenvalue weighted by Gasteiger charge is 2.08. The van der Waals surface area contributed by atoms with E-state index in [1.54, 1.807) is 0 Å². The fourth-order valence-corrected chi connectivity index (χ4v) is 2.66. The third-order valence-electron chi connectivity index (χ3n) is 3.97. The molecule has 20 heavy (non-hydrogen) atoms. The van der Waals surface area contributed by atoms with Crippen molar-refractivity contribution in [3.05, 3.63) is 47.5 Å². The molecule has 1 aromatic rings. The van der Waals surface area contributed by atoms with Gasteiger partial charge in [0.25, 0.3) is 0 Å². The van der Waals surface area contributed by atoms with E-state index in [2.05, 4.69) is 60.5 Å². The maximum atomic E-state index is 3.50. The second-order valence-corrected chi connectivity index (χ2v) is 5.84. The summed E-state index contributed by atoms with van der Waals surface area (Å²) in [5.74, 6) is 0.591. The van der Waals surface area contributed by atoms with Gasteiger partial charge in [-0.15, -0.1) is 0 Å². The van der Waals surface area contributed by atoms with Gasteiger partial charge in [-0.1, -0.05) is 50.3 Å². The average molecular weight is 272 g/mol. The molecule has 2 nitrogen and oxygen atoms in total. The third kappa shape index (κ3) is 4.77. The van der Waals surface area contributed by atoms with E-state index in [0.717, 1.165) is 26.2 Å². The Kier molecular flexibility index (Phi) is 6.28. The van der Waals surface area contributed by atoms with E-state index in [9.17, 15) is 0 Å². The number of nitrogens with zero attached hydrogens (tertiary/aromatic N) is 1. The summed E-state index contributed by atoms with van der Waals surface area (Å²) in [5.41, 5.74) is 2.87. The predicted molar refractivity (Wildman–Crippen MR) is 87.1 cm³/mol. The van der Waals surface area contributed by atoms with Gasteiger partial charge in [-0.3, -0.25) is 4.90 Å². The summed E-state index contributed by atoms with van der Waals surface area (Å²) in [4.78, 5) is 2.50. The molecule has 0 aromatic heterocycles. The van der Waals surface area contributed by atoms with Crippen molar-refractivity contribution in [3.63, 3.8) is 0 Å². The van der Waals surface area contributed by atoms with Gasteiger partial charge in [-0.05, 0) is 36.4 Å². The van der Waals surface area contributed by atoms with E-state index in [1.807, 2.05) is 0 Å². The molecule has 1 unspecified atom stereocenters. The largest absolute Gasteiger partial charge is 0.316 e. The minimum Gasteiger partial charge on any atom is -0.316 e. The van der Waals surface area contributed by atoms with Gasteiger partial charge in [-0.25, -0.2) is 0 Å². The molecule has 1 aromatic carbocycles. The molecule has 2 heteroatoms. The van der Waals surface area contributed by atoms with Gasteiger partial charge in [-0.2, -0.15) is 0 Å². The molecule has 0 spiro atoms. The highest BCUT2D eigenvalue weighted by Crippen LogP contribution is 2.16. The Balaban J connectivity index is 1.84. The van der Waals surface area contributed by atoms with Crippen LogP contribution in [0.3, 0.4) is 0 Å². The topological polar surface area (TPSA) is 15.3 Å². The van der Waals surface area contributed by atoms with Crippen molar-refractivity contribution in [1.82, 2.24) is 10.2 Å². The highest BCUT2D eigenvalue weighted by molar-refractivity contribution is 5.25. The quantitative estimate of drug-likeness (QED) is 0.603. The molecule has 1 aliphatic rings. The summed E-state index contributed by atoms with van der Waals surface area (Å²) in [5, 5.41) is 3.50. The van der Waals surface area contributed by atoms with Crippen molar-refractivity contribution >= 4 is 0 Å². The maximum absolute atomic E-state index is 3.50. The Morgan fingerprint density at radius 1 is 1.20 bits per heavy atom. The van der Waals surface area contributed by atoms with E-state index >= 15 is 0 Å². The maximum Gasteiger partial charge on any atom is 0.0237 e. The summed E-state index contributed by atoms with van der Waals surface area (Å²) in [6.45, 7) is 10.1. The summed E-state index contributed by atoms with van der Waals surface area (Å²) in [6.07, 6.45) is 6.96. The molecule has 0 radical (unpaired) electrons. The van der Waals surface area contributed by atoms with Crippen molar-refractivity contribution in [2.45, 2.75) is 39.2 Å². The fraction of sp³-hybridized carbons (Fsp3) is 0.556. The normalized spacial score (nSPS) is 17.3. The smallest absolute Gasteiger partial charge is 0.0237 e. The van der Waals surface area contributed by atoms with Gasteiger partial charge in [0.05, 0.1) is 0 Å². The van der Waals surface area contributed by atoms with E-state index < -0.39 is 0 Å². The van der Waals surface area contributed by atoms with Crippen LogP contribution >= 0.6 is 0 Å². The standard InChI is InChI=1S/C18H28N2/c1-3-11-19-14-16(2)18-9-7-17(8-10-18)15-20-12-5-4-6-13-20/h4-5,7-10,16,19H,3,6,11-15H2,1-2H3. The van der Waals surface area contributed by atoms with Crippen molar-refractivity contribution in [2.75, 3.05) is 26.2 Å². The van der Waals surface area contributed by atoms with Gasteiger partial charge < -0.3 is 5.32 Å². The molecule has 0 fully saturated rings. The molecule has 0 bridgehead atoms. The first-order valence-corrected chi connectivity index (χ1v) is 7.96. The van der Waals surface area contributed by atoms with Gasteiger partial charge >= 0.3 is 0 Å². The van der Waals surface area contributed by atoms with Crippen LogP contribution in [0.25, 0.3) is 0 Å². The van der Waals surface area contributed by atoms with Crippen molar-refractivity contribution in [2.24, 2.45) is 0 Å². The average Bonchev–Trinajstić information content (AvgIpc) is 2.49. The molecule has 1 N–H and O–H groups in total. The first-order valence-electron chi connectivity index (χ1n) is 7.96. The number of benzene rings is 1. The molecule has 1 aliphatic heterocycles. The monoisotopic (exact) mass is 272 g/mol. The zero-order valence-electron chi connectivity index (χ0n) is 12.9. The van der Waals surface area contributed by atoms with Crippen LogP contribution in [-0.4, -0.2) is 31.1 Å². The van der Waals surface area contributed by atoms with Crippen LogP contribution in [-0.2, 0) is 6.54 Å². The molecule has 0 amide bonds. The Hall–Kier alpha value is -1.12. The molecular weight excluding hydrogens is 244 g/mol. The lowest BCUT2D eigenvalue weighted by Gasteiger charge is -2.23. The van der Waals surface area contributed by atoms with E-state index in [4.69, 9.17) is 0 Å². The molecule has 0 aliphatic carbocycles. The van der Waals surface area contributed by atoms with Crippen LogP contribution in [0.2, 0.25) is 0 Å². The Morgan fingerprint density at radius 3 is 2.65 bits per heavy atom. The second-order valence-electron chi connectivity index (χ2n) is 5.84. The van der Waals surface area contributed by atoms with Gasteiger partial charge in [0.1, 0.15) is 0 Å². The van der Waals surface area contributed by atoms with Crippen LogP contribution in [0.4, 0.5) is 0 Å². The number of hydrogen-bond acceptors (Lipinski definition) is 2. The van der Waals surface area contributed by atoms with Gasteiger partial charge in [0.15, 0.2) is 0 Å². The van der Waals surface area contributed by atoms with E-state index in [1.165, 1.54) is 30.5 Å². The summed E-state index contributed by atoms with van der Waals surface area (Å²) >= 11 is 0. The van der Waals surface area contributed by atoms with Crippen LogP contribution in [0.1, 0.15) is 43.7 Å². The van der Waals surface area contributed by atoms with E-state index in [0.29, 0.717) is 5.92 Å². The molecule has 0 saturated heterocycles. The van der Waals surface area contributed by atoms with E-state index in [-0.39, 0.29) is 0 Å². The molecular formula is C18H28N2. The number of nitrogens with one attached hydrogen (secondary N) is 1. The van der Waals surface area contributed by atoms with Gasteiger partial charge in [0.2, 0.25) is 0 Å². The molecule has 0 saturated carbocycles. The summed E-state index contributed by atoms with van der Waals surface area (Å²) < 4.78 is 0. The summed E-state index contributed by atoms with van der Waals surface area (Å²) in [6, 6.07) is 9.19. The lowest BCUT2D eigenvalue weighted by atomic mass is 9.99. The lowest BCUT2D eigenvalue weighted by Crippen LogP contribution is -2.26. The van der Waals surface area contributed by atoms with Gasteiger partial charge in [0, 0.05) is 26.2 Å². The fourth-order valence-electron chi connectivity index (χ4n) is 2.66. The molecule has 110 valence electrons. The predicted octanol–water partition coefficient (Wildman–Crippen LogP) is 3.55. The van der Waals surface area contributed by atoms with Crippen LogP contribution < -0.4 is 5.32 Å². The third-order valence-corrected chi connectivity index (χ3v) is 3.97. The first kappa shape index (κ1) is 15.3. The van der Waals surface area contributed by atoms with Crippen LogP contribution in [0, 0.1) is 0 Å². The zero-order chi connectivity index (χ0) is 14.2. The second kappa shape index (κ2) is 8.23. The Morgan fingerprint density at radius 2 is 2.00 bits per heavy atom. The highest BCUT2D eigenvalue weighted by atomic mass is 15.1.